The maximum atomic E-state index is 11.4. The normalized spacial score (nSPS) is 15.6. The van der Waals surface area contributed by atoms with E-state index in [1.165, 1.54) is 5.56 Å². The molecular formula is C15H18O3. The Labute approximate surface area is 107 Å². The van der Waals surface area contributed by atoms with Gasteiger partial charge in [0.05, 0.1) is 6.61 Å². The minimum atomic E-state index is -1.07. The van der Waals surface area contributed by atoms with Crippen LogP contribution in [0.2, 0.25) is 0 Å². The Balaban J connectivity index is 2.10. The van der Waals surface area contributed by atoms with Crippen LogP contribution in [0.5, 0.6) is 0 Å². The van der Waals surface area contributed by atoms with Crippen molar-refractivity contribution in [2.45, 2.75) is 32.3 Å². The van der Waals surface area contributed by atoms with Crippen molar-refractivity contribution in [3.63, 3.8) is 0 Å². The van der Waals surface area contributed by atoms with Crippen LogP contribution in [0, 0.1) is 0 Å². The Morgan fingerprint density at radius 2 is 2.22 bits per heavy atom. The predicted octanol–water partition coefficient (Wildman–Crippen LogP) is 2.33. The summed E-state index contributed by atoms with van der Waals surface area (Å²) in [5.41, 5.74) is 3.47. The molecule has 18 heavy (non-hydrogen) atoms. The highest BCUT2D eigenvalue weighted by Crippen LogP contribution is 2.29. The van der Waals surface area contributed by atoms with Crippen LogP contribution in [0.1, 0.15) is 30.9 Å². The number of hydrogen-bond acceptors (Lipinski definition) is 3. The monoisotopic (exact) mass is 246 g/mol. The molecule has 0 spiro atoms. The zero-order chi connectivity index (χ0) is 13.0. The van der Waals surface area contributed by atoms with Gasteiger partial charge in [-0.1, -0.05) is 30.3 Å². The summed E-state index contributed by atoms with van der Waals surface area (Å²) < 4.78 is 4.82. The van der Waals surface area contributed by atoms with E-state index < -0.39 is 12.1 Å². The Morgan fingerprint density at radius 1 is 1.44 bits per heavy atom. The van der Waals surface area contributed by atoms with E-state index in [0.717, 1.165) is 24.0 Å². The average molecular weight is 246 g/mol. The summed E-state index contributed by atoms with van der Waals surface area (Å²) in [5, 5.41) is 9.81. The first kappa shape index (κ1) is 12.8. The predicted molar refractivity (Wildman–Crippen MR) is 70.0 cm³/mol. The SMILES string of the molecule is CCOC(=O)[C@@H](O)CC1=CCCc2ccccc21. The van der Waals surface area contributed by atoms with Crippen LogP contribution in [0.15, 0.2) is 30.3 Å². The number of benzene rings is 1. The standard InChI is InChI=1S/C15H18O3/c1-2-18-15(17)14(16)10-12-8-5-7-11-6-3-4-9-13(11)12/h3-4,6,8-9,14,16H,2,5,7,10H2,1H3/t14-/m0/s1. The molecule has 0 fully saturated rings. The minimum Gasteiger partial charge on any atom is -0.464 e. The molecule has 0 aliphatic heterocycles. The summed E-state index contributed by atoms with van der Waals surface area (Å²) in [7, 11) is 0. The lowest BCUT2D eigenvalue weighted by Gasteiger charge is -2.19. The van der Waals surface area contributed by atoms with E-state index in [4.69, 9.17) is 4.74 Å². The van der Waals surface area contributed by atoms with Gasteiger partial charge >= 0.3 is 5.97 Å². The van der Waals surface area contributed by atoms with Crippen molar-refractivity contribution in [2.24, 2.45) is 0 Å². The van der Waals surface area contributed by atoms with Gasteiger partial charge in [-0.05, 0) is 36.5 Å². The van der Waals surface area contributed by atoms with Gasteiger partial charge in [0.1, 0.15) is 0 Å². The van der Waals surface area contributed by atoms with Crippen molar-refractivity contribution in [1.29, 1.82) is 0 Å². The molecule has 0 saturated heterocycles. The number of aliphatic hydroxyl groups is 1. The molecule has 1 atom stereocenters. The number of hydrogen-bond donors (Lipinski definition) is 1. The van der Waals surface area contributed by atoms with Crippen LogP contribution in [-0.2, 0) is 16.0 Å². The van der Waals surface area contributed by atoms with E-state index in [9.17, 15) is 9.90 Å². The Morgan fingerprint density at radius 3 is 3.00 bits per heavy atom. The molecule has 1 aliphatic carbocycles. The number of ether oxygens (including phenoxy) is 1. The number of fused-ring (bicyclic) bond motifs is 1. The molecule has 0 amide bonds. The Bertz CT molecular complexity index is 463. The molecule has 96 valence electrons. The second-order valence-electron chi connectivity index (χ2n) is 4.40. The number of carbonyl (C=O) groups is 1. The van der Waals surface area contributed by atoms with Crippen molar-refractivity contribution < 1.29 is 14.6 Å². The highest BCUT2D eigenvalue weighted by Gasteiger charge is 2.21. The summed E-state index contributed by atoms with van der Waals surface area (Å²) in [4.78, 5) is 11.4. The van der Waals surface area contributed by atoms with Gasteiger partial charge in [-0.15, -0.1) is 0 Å². The van der Waals surface area contributed by atoms with E-state index in [2.05, 4.69) is 12.1 Å². The zero-order valence-corrected chi connectivity index (χ0v) is 10.6. The fourth-order valence-corrected chi connectivity index (χ4v) is 2.29. The number of carbonyl (C=O) groups excluding carboxylic acids is 1. The largest absolute Gasteiger partial charge is 0.464 e. The summed E-state index contributed by atoms with van der Waals surface area (Å²) in [6, 6.07) is 8.13. The van der Waals surface area contributed by atoms with Crippen molar-refractivity contribution in [1.82, 2.24) is 0 Å². The second kappa shape index (κ2) is 5.83. The van der Waals surface area contributed by atoms with Crippen molar-refractivity contribution in [3.05, 3.63) is 41.5 Å². The molecule has 3 heteroatoms. The smallest absolute Gasteiger partial charge is 0.335 e. The van der Waals surface area contributed by atoms with Gasteiger partial charge in [0.2, 0.25) is 0 Å². The van der Waals surface area contributed by atoms with Gasteiger partial charge < -0.3 is 9.84 Å². The van der Waals surface area contributed by atoms with Crippen molar-refractivity contribution in [2.75, 3.05) is 6.61 Å². The topological polar surface area (TPSA) is 46.5 Å². The molecule has 1 N–H and O–H groups in total. The Kier molecular flexibility index (Phi) is 4.15. The third-order valence-electron chi connectivity index (χ3n) is 3.14. The minimum absolute atomic E-state index is 0.297. The first-order chi connectivity index (χ1) is 8.72. The molecule has 0 radical (unpaired) electrons. The molecule has 2 rings (SSSR count). The number of esters is 1. The number of aliphatic hydroxyl groups excluding tert-OH is 1. The summed E-state index contributed by atoms with van der Waals surface area (Å²) in [6.07, 6.45) is 3.35. The molecule has 0 unspecified atom stereocenters. The van der Waals surface area contributed by atoms with Crippen molar-refractivity contribution in [3.8, 4) is 0 Å². The molecule has 1 aromatic carbocycles. The second-order valence-corrected chi connectivity index (χ2v) is 4.40. The first-order valence-corrected chi connectivity index (χ1v) is 6.34. The average Bonchev–Trinajstić information content (AvgIpc) is 2.39. The number of allylic oxidation sites excluding steroid dienone is 1. The lowest BCUT2D eigenvalue weighted by Crippen LogP contribution is -2.23. The van der Waals surface area contributed by atoms with Gasteiger partial charge in [-0.25, -0.2) is 4.79 Å². The van der Waals surface area contributed by atoms with E-state index in [-0.39, 0.29) is 0 Å². The third kappa shape index (κ3) is 2.79. The van der Waals surface area contributed by atoms with E-state index in [1.54, 1.807) is 6.92 Å². The van der Waals surface area contributed by atoms with Crippen LogP contribution in [0.25, 0.3) is 5.57 Å². The van der Waals surface area contributed by atoms with Gasteiger partial charge in [0.15, 0.2) is 6.10 Å². The lowest BCUT2D eigenvalue weighted by atomic mass is 9.88. The molecule has 0 saturated carbocycles. The zero-order valence-electron chi connectivity index (χ0n) is 10.6. The molecular weight excluding hydrogens is 228 g/mol. The van der Waals surface area contributed by atoms with Gasteiger partial charge in [0, 0.05) is 6.42 Å². The summed E-state index contributed by atoms with van der Waals surface area (Å²) in [6.45, 7) is 2.03. The molecule has 0 aromatic heterocycles. The summed E-state index contributed by atoms with van der Waals surface area (Å²) in [5.74, 6) is -0.540. The maximum absolute atomic E-state index is 11.4. The quantitative estimate of drug-likeness (QED) is 0.829. The van der Waals surface area contributed by atoms with Crippen LogP contribution in [0.3, 0.4) is 0 Å². The van der Waals surface area contributed by atoms with Crippen molar-refractivity contribution >= 4 is 11.5 Å². The fourth-order valence-electron chi connectivity index (χ4n) is 2.29. The lowest BCUT2D eigenvalue weighted by molar-refractivity contribution is -0.152. The molecule has 0 bridgehead atoms. The molecule has 3 nitrogen and oxygen atoms in total. The third-order valence-corrected chi connectivity index (χ3v) is 3.14. The molecule has 0 heterocycles. The Hall–Kier alpha value is -1.61. The highest BCUT2D eigenvalue weighted by atomic mass is 16.5. The number of aryl methyl sites for hydroxylation is 1. The molecule has 1 aromatic rings. The van der Waals surface area contributed by atoms with E-state index in [1.807, 2.05) is 18.2 Å². The van der Waals surface area contributed by atoms with Crippen LogP contribution in [0.4, 0.5) is 0 Å². The van der Waals surface area contributed by atoms with Crippen LogP contribution >= 0.6 is 0 Å². The van der Waals surface area contributed by atoms with Gasteiger partial charge in [0.25, 0.3) is 0 Å². The first-order valence-electron chi connectivity index (χ1n) is 6.34. The van der Waals surface area contributed by atoms with E-state index in [0.29, 0.717) is 13.0 Å². The van der Waals surface area contributed by atoms with Crippen LogP contribution < -0.4 is 0 Å². The summed E-state index contributed by atoms with van der Waals surface area (Å²) >= 11 is 0. The van der Waals surface area contributed by atoms with Gasteiger partial charge in [-0.3, -0.25) is 0 Å². The van der Waals surface area contributed by atoms with E-state index >= 15 is 0 Å². The fraction of sp³-hybridized carbons (Fsp3) is 0.400. The van der Waals surface area contributed by atoms with Crippen LogP contribution in [-0.4, -0.2) is 23.8 Å². The highest BCUT2D eigenvalue weighted by molar-refractivity contribution is 5.79. The van der Waals surface area contributed by atoms with Gasteiger partial charge in [-0.2, -0.15) is 0 Å². The molecule has 1 aliphatic rings. The maximum Gasteiger partial charge on any atom is 0.335 e. The number of rotatable bonds is 4.